The summed E-state index contributed by atoms with van der Waals surface area (Å²) in [6.45, 7) is 1.69. The minimum absolute atomic E-state index is 0.369. The summed E-state index contributed by atoms with van der Waals surface area (Å²) in [5, 5.41) is 0. The van der Waals surface area contributed by atoms with E-state index >= 15 is 0 Å². The zero-order valence-electron chi connectivity index (χ0n) is 12.6. The smallest absolute Gasteiger partial charge is 0.165 e. The molecule has 0 saturated carbocycles. The lowest BCUT2D eigenvalue weighted by Gasteiger charge is -2.23. The van der Waals surface area contributed by atoms with Crippen LogP contribution in [0.4, 0.5) is 5.69 Å². The predicted octanol–water partition coefficient (Wildman–Crippen LogP) is 3.46. The highest BCUT2D eigenvalue weighted by Gasteiger charge is 2.47. The van der Waals surface area contributed by atoms with Crippen LogP contribution in [0.15, 0.2) is 34.8 Å². The van der Waals surface area contributed by atoms with E-state index in [1.807, 2.05) is 29.9 Å². The first-order chi connectivity index (χ1) is 11.9. The van der Waals surface area contributed by atoms with Crippen LogP contribution in [0.25, 0.3) is 10.2 Å². The molecule has 0 fully saturated rings. The van der Waals surface area contributed by atoms with Gasteiger partial charge in [-0.15, -0.1) is 11.3 Å². The number of rotatable bonds is 0. The molecule has 0 saturated heterocycles. The molecule has 0 aliphatic carbocycles. The quantitative estimate of drug-likeness (QED) is 0.631. The molecule has 5 nitrogen and oxygen atoms in total. The molecule has 1 spiro atoms. The summed E-state index contributed by atoms with van der Waals surface area (Å²) in [6, 6.07) is 8.06. The maximum atomic E-state index is 6.04. The molecule has 1 atom stereocenters. The van der Waals surface area contributed by atoms with Gasteiger partial charge in [-0.1, -0.05) is 0 Å². The maximum absolute atomic E-state index is 6.04. The van der Waals surface area contributed by atoms with Gasteiger partial charge in [0.2, 0.25) is 0 Å². The molecule has 118 valence electrons. The normalized spacial score (nSPS) is 22.7. The summed E-state index contributed by atoms with van der Waals surface area (Å²) >= 11 is 1.65. The molecule has 0 N–H and O–H groups in total. The van der Waals surface area contributed by atoms with E-state index in [0.717, 1.165) is 34.0 Å². The minimum Gasteiger partial charge on any atom is -0.491 e. The average molecular weight is 336 g/mol. The molecule has 1 unspecified atom stereocenters. The third kappa shape index (κ3) is 1.45. The summed E-state index contributed by atoms with van der Waals surface area (Å²) in [5.74, 6) is 2.38. The second-order valence-electron chi connectivity index (χ2n) is 6.17. The molecule has 0 bridgehead atoms. The number of fused-ring (bicyclic) bond motifs is 7. The third-order valence-corrected chi connectivity index (χ3v) is 5.79. The Kier molecular flexibility index (Phi) is 2.27. The van der Waals surface area contributed by atoms with E-state index in [0.29, 0.717) is 19.8 Å². The number of aliphatic imine (C=N–C) groups is 1. The van der Waals surface area contributed by atoms with Crippen molar-refractivity contribution in [2.24, 2.45) is 4.99 Å². The molecule has 3 aromatic rings. The Morgan fingerprint density at radius 2 is 1.88 bits per heavy atom. The number of thiazole rings is 1. The van der Waals surface area contributed by atoms with Crippen LogP contribution in [0, 0.1) is 0 Å². The van der Waals surface area contributed by atoms with Gasteiger partial charge in [-0.3, -0.25) is 4.99 Å². The molecule has 24 heavy (non-hydrogen) atoms. The number of aromatic nitrogens is 1. The lowest BCUT2D eigenvalue weighted by atomic mass is 9.78. The Morgan fingerprint density at radius 3 is 2.79 bits per heavy atom. The van der Waals surface area contributed by atoms with E-state index in [4.69, 9.17) is 14.2 Å². The van der Waals surface area contributed by atoms with Crippen molar-refractivity contribution in [3.63, 3.8) is 0 Å². The molecule has 0 radical (unpaired) electrons. The first-order valence-electron chi connectivity index (χ1n) is 7.84. The maximum Gasteiger partial charge on any atom is 0.165 e. The van der Waals surface area contributed by atoms with Crippen LogP contribution in [-0.4, -0.2) is 31.0 Å². The third-order valence-electron chi connectivity index (χ3n) is 4.93. The van der Waals surface area contributed by atoms with E-state index in [2.05, 4.69) is 16.0 Å². The van der Waals surface area contributed by atoms with Crippen molar-refractivity contribution >= 4 is 33.5 Å². The molecule has 0 amide bonds. The highest BCUT2D eigenvalue weighted by molar-refractivity contribution is 7.17. The Labute approximate surface area is 141 Å². The van der Waals surface area contributed by atoms with Crippen molar-refractivity contribution in [3.8, 4) is 17.2 Å². The van der Waals surface area contributed by atoms with Gasteiger partial charge >= 0.3 is 0 Å². The van der Waals surface area contributed by atoms with Crippen LogP contribution >= 0.6 is 11.3 Å². The van der Waals surface area contributed by atoms with E-state index in [1.165, 1.54) is 10.3 Å². The van der Waals surface area contributed by atoms with Gasteiger partial charge < -0.3 is 14.2 Å². The zero-order valence-corrected chi connectivity index (χ0v) is 13.4. The Balaban J connectivity index is 1.64. The standard InChI is InChI=1S/C18H12N2O3S/c1-2-12-17(24-9-20-12)16-11(1)19-7-18(16)8-23-13-6-15-14(5-10(13)18)21-3-4-22-15/h1-2,5-7,9H,3-4,8H2. The van der Waals surface area contributed by atoms with Crippen LogP contribution in [0.5, 0.6) is 17.2 Å². The summed E-state index contributed by atoms with van der Waals surface area (Å²) in [7, 11) is 0. The number of benzene rings is 2. The minimum atomic E-state index is -0.369. The molecule has 1 aromatic heterocycles. The van der Waals surface area contributed by atoms with Crippen molar-refractivity contribution in [2.45, 2.75) is 5.41 Å². The van der Waals surface area contributed by atoms with Crippen molar-refractivity contribution in [3.05, 3.63) is 40.9 Å². The average Bonchev–Trinajstić information content (AvgIpc) is 3.32. The fourth-order valence-electron chi connectivity index (χ4n) is 3.82. The van der Waals surface area contributed by atoms with Crippen molar-refractivity contribution in [1.82, 2.24) is 4.98 Å². The van der Waals surface area contributed by atoms with Gasteiger partial charge in [-0.05, 0) is 18.2 Å². The molecule has 3 aliphatic heterocycles. The molecular formula is C18H12N2O3S. The van der Waals surface area contributed by atoms with Gasteiger partial charge in [-0.2, -0.15) is 0 Å². The summed E-state index contributed by atoms with van der Waals surface area (Å²) in [6.07, 6.45) is 2.01. The lowest BCUT2D eigenvalue weighted by Crippen LogP contribution is -2.29. The molecule has 6 rings (SSSR count). The molecule has 6 heteroatoms. The van der Waals surface area contributed by atoms with Crippen molar-refractivity contribution < 1.29 is 14.2 Å². The topological polar surface area (TPSA) is 52.9 Å². The first-order valence-corrected chi connectivity index (χ1v) is 8.72. The van der Waals surface area contributed by atoms with Crippen molar-refractivity contribution in [1.29, 1.82) is 0 Å². The van der Waals surface area contributed by atoms with Crippen LogP contribution < -0.4 is 14.2 Å². The highest BCUT2D eigenvalue weighted by atomic mass is 32.1. The Morgan fingerprint density at radius 1 is 1.00 bits per heavy atom. The number of hydrogen-bond donors (Lipinski definition) is 0. The monoisotopic (exact) mass is 336 g/mol. The predicted molar refractivity (Wildman–Crippen MR) is 91.5 cm³/mol. The molecule has 3 aliphatic rings. The van der Waals surface area contributed by atoms with Crippen LogP contribution in [-0.2, 0) is 5.41 Å². The van der Waals surface area contributed by atoms with E-state index in [9.17, 15) is 0 Å². The number of nitrogens with zero attached hydrogens (tertiary/aromatic N) is 2. The van der Waals surface area contributed by atoms with Gasteiger partial charge in [0.15, 0.2) is 11.5 Å². The van der Waals surface area contributed by atoms with E-state index in [1.54, 1.807) is 11.3 Å². The van der Waals surface area contributed by atoms with Crippen LogP contribution in [0.1, 0.15) is 11.1 Å². The number of ether oxygens (including phenoxy) is 3. The molecular weight excluding hydrogens is 324 g/mol. The SMILES string of the molecule is C1=Nc2ccc3ncsc3c2C12COc1cc3c(cc12)OCCO3. The van der Waals surface area contributed by atoms with Gasteiger partial charge in [0.1, 0.15) is 25.6 Å². The summed E-state index contributed by atoms with van der Waals surface area (Å²) in [5.41, 5.74) is 5.81. The van der Waals surface area contributed by atoms with Crippen LogP contribution in [0.2, 0.25) is 0 Å². The Hall–Kier alpha value is -2.60. The Bertz CT molecular complexity index is 1040. The second kappa shape index (κ2) is 4.27. The summed E-state index contributed by atoms with van der Waals surface area (Å²) in [4.78, 5) is 9.13. The van der Waals surface area contributed by atoms with E-state index in [-0.39, 0.29) is 5.41 Å². The lowest BCUT2D eigenvalue weighted by molar-refractivity contribution is 0.171. The van der Waals surface area contributed by atoms with E-state index < -0.39 is 0 Å². The van der Waals surface area contributed by atoms with Gasteiger partial charge in [0, 0.05) is 23.4 Å². The van der Waals surface area contributed by atoms with Gasteiger partial charge in [-0.25, -0.2) is 4.98 Å². The largest absolute Gasteiger partial charge is 0.491 e. The van der Waals surface area contributed by atoms with Gasteiger partial charge in [0.25, 0.3) is 0 Å². The number of hydrogen-bond acceptors (Lipinski definition) is 6. The highest BCUT2D eigenvalue weighted by Crippen LogP contribution is 2.54. The second-order valence-corrected chi connectivity index (χ2v) is 7.03. The molecule has 2 aromatic carbocycles. The first kappa shape index (κ1) is 12.8. The van der Waals surface area contributed by atoms with Crippen LogP contribution in [0.3, 0.4) is 0 Å². The zero-order chi connectivity index (χ0) is 15.7. The summed E-state index contributed by atoms with van der Waals surface area (Å²) < 4.78 is 18.7. The van der Waals surface area contributed by atoms with Crippen molar-refractivity contribution in [2.75, 3.05) is 19.8 Å². The fraction of sp³-hybridized carbons (Fsp3) is 0.222. The van der Waals surface area contributed by atoms with Gasteiger partial charge in [0.05, 0.1) is 26.8 Å². The fourth-order valence-corrected chi connectivity index (χ4v) is 4.74. The molecule has 4 heterocycles.